The van der Waals surface area contributed by atoms with Crippen LogP contribution in [0.3, 0.4) is 0 Å². The van der Waals surface area contributed by atoms with Crippen LogP contribution in [0, 0.1) is 12.8 Å². The van der Waals surface area contributed by atoms with Crippen molar-refractivity contribution in [3.63, 3.8) is 0 Å². The Labute approximate surface area is 172 Å². The Hall–Kier alpha value is -2.20. The smallest absolute Gasteiger partial charge is 0.262 e. The van der Waals surface area contributed by atoms with E-state index in [1.807, 2.05) is 12.1 Å². The van der Waals surface area contributed by atoms with Gasteiger partial charge in [-0.25, -0.2) is 13.4 Å². The molecular formula is C19H29N7O2S. The fourth-order valence-electron chi connectivity index (χ4n) is 3.83. The number of aryl methyl sites for hydroxylation is 2. The molecule has 0 aromatic carbocycles. The fourth-order valence-corrected chi connectivity index (χ4v) is 5.28. The zero-order valence-electron chi connectivity index (χ0n) is 17.3. The standard InChI is InChI=1S/C19H29N7O2S/c1-15-6-8-24(9-7-15)17-4-5-18(22-21-17)25-10-12-26(13-11-25)29(27,28)19-14-23(3)16(2)20-19/h4-5,14-15H,6-13H2,1-3H3. The van der Waals surface area contributed by atoms with Crippen molar-refractivity contribution >= 4 is 21.7 Å². The first-order valence-electron chi connectivity index (χ1n) is 10.2. The minimum atomic E-state index is -3.56. The molecule has 0 amide bonds. The second kappa shape index (κ2) is 7.91. The molecule has 2 aromatic rings. The van der Waals surface area contributed by atoms with Gasteiger partial charge in [0.15, 0.2) is 16.7 Å². The number of anilines is 2. The topological polar surface area (TPSA) is 87.5 Å². The quantitative estimate of drug-likeness (QED) is 0.737. The average Bonchev–Trinajstić information content (AvgIpc) is 3.08. The van der Waals surface area contributed by atoms with Crippen LogP contribution in [0.5, 0.6) is 0 Å². The van der Waals surface area contributed by atoms with E-state index in [9.17, 15) is 8.42 Å². The first kappa shape index (κ1) is 20.1. The third kappa shape index (κ3) is 4.09. The van der Waals surface area contributed by atoms with Crippen LogP contribution >= 0.6 is 0 Å². The van der Waals surface area contributed by atoms with Crippen molar-refractivity contribution < 1.29 is 8.42 Å². The summed E-state index contributed by atoms with van der Waals surface area (Å²) in [5.74, 6) is 3.18. The molecule has 2 saturated heterocycles. The molecule has 0 bridgehead atoms. The Morgan fingerprint density at radius 2 is 1.48 bits per heavy atom. The molecule has 0 atom stereocenters. The molecule has 0 saturated carbocycles. The Morgan fingerprint density at radius 3 is 1.97 bits per heavy atom. The van der Waals surface area contributed by atoms with Crippen LogP contribution < -0.4 is 9.80 Å². The van der Waals surface area contributed by atoms with E-state index in [4.69, 9.17) is 0 Å². The molecule has 2 fully saturated rings. The average molecular weight is 420 g/mol. The maximum atomic E-state index is 12.8. The summed E-state index contributed by atoms with van der Waals surface area (Å²) in [6.07, 6.45) is 3.95. The molecule has 29 heavy (non-hydrogen) atoms. The van der Waals surface area contributed by atoms with Crippen molar-refractivity contribution in [2.45, 2.75) is 31.7 Å². The molecule has 158 valence electrons. The van der Waals surface area contributed by atoms with Gasteiger partial charge < -0.3 is 14.4 Å². The number of imidazole rings is 1. The van der Waals surface area contributed by atoms with E-state index in [0.717, 1.165) is 30.6 Å². The van der Waals surface area contributed by atoms with Crippen molar-refractivity contribution in [2.75, 3.05) is 49.1 Å². The second-order valence-corrected chi connectivity index (χ2v) is 9.93. The van der Waals surface area contributed by atoms with Crippen molar-refractivity contribution in [3.05, 3.63) is 24.2 Å². The van der Waals surface area contributed by atoms with E-state index in [0.29, 0.717) is 32.0 Å². The van der Waals surface area contributed by atoms with Crippen LogP contribution in [0.15, 0.2) is 23.4 Å². The highest BCUT2D eigenvalue weighted by molar-refractivity contribution is 7.89. The summed E-state index contributed by atoms with van der Waals surface area (Å²) in [6.45, 7) is 8.12. The lowest BCUT2D eigenvalue weighted by molar-refractivity contribution is 0.382. The zero-order chi connectivity index (χ0) is 20.6. The van der Waals surface area contributed by atoms with E-state index in [-0.39, 0.29) is 5.03 Å². The van der Waals surface area contributed by atoms with Crippen molar-refractivity contribution in [1.29, 1.82) is 0 Å². The number of hydrogen-bond acceptors (Lipinski definition) is 7. The number of sulfonamides is 1. The van der Waals surface area contributed by atoms with Crippen LogP contribution in [0.4, 0.5) is 11.6 Å². The largest absolute Gasteiger partial charge is 0.355 e. The monoisotopic (exact) mass is 419 g/mol. The SMILES string of the molecule is Cc1nc(S(=O)(=O)N2CCN(c3ccc(N4CCC(C)CC4)nn3)CC2)cn1C. The zero-order valence-corrected chi connectivity index (χ0v) is 18.1. The van der Waals surface area contributed by atoms with Crippen LogP contribution in [-0.4, -0.2) is 71.7 Å². The second-order valence-electron chi connectivity index (χ2n) is 8.05. The third-order valence-corrected chi connectivity index (χ3v) is 7.77. The van der Waals surface area contributed by atoms with E-state index < -0.39 is 10.0 Å². The predicted molar refractivity (Wildman–Crippen MR) is 112 cm³/mol. The third-order valence-electron chi connectivity index (χ3n) is 6.00. The molecule has 4 heterocycles. The molecule has 2 aliphatic heterocycles. The number of rotatable bonds is 4. The van der Waals surface area contributed by atoms with E-state index in [1.165, 1.54) is 17.1 Å². The van der Waals surface area contributed by atoms with Gasteiger partial charge in [-0.1, -0.05) is 6.92 Å². The van der Waals surface area contributed by atoms with E-state index in [2.05, 4.69) is 31.9 Å². The van der Waals surface area contributed by atoms with Gasteiger partial charge in [0.2, 0.25) is 0 Å². The molecule has 2 aliphatic rings. The Bertz CT molecular complexity index is 922. The van der Waals surface area contributed by atoms with Gasteiger partial charge >= 0.3 is 0 Å². The minimum Gasteiger partial charge on any atom is -0.355 e. The Morgan fingerprint density at radius 1 is 0.931 bits per heavy atom. The molecule has 0 aliphatic carbocycles. The van der Waals surface area contributed by atoms with Gasteiger partial charge in [0.1, 0.15) is 5.82 Å². The van der Waals surface area contributed by atoms with E-state index in [1.54, 1.807) is 24.7 Å². The molecule has 0 N–H and O–H groups in total. The van der Waals surface area contributed by atoms with Crippen molar-refractivity contribution in [2.24, 2.45) is 13.0 Å². The number of nitrogens with zero attached hydrogens (tertiary/aromatic N) is 7. The highest BCUT2D eigenvalue weighted by Crippen LogP contribution is 2.23. The summed E-state index contributed by atoms with van der Waals surface area (Å²) in [5, 5.41) is 8.94. The molecular weight excluding hydrogens is 390 g/mol. The summed E-state index contributed by atoms with van der Waals surface area (Å²) < 4.78 is 28.9. The van der Waals surface area contributed by atoms with Crippen LogP contribution in [0.1, 0.15) is 25.6 Å². The summed E-state index contributed by atoms with van der Waals surface area (Å²) >= 11 is 0. The Balaban J connectivity index is 1.38. The van der Waals surface area contributed by atoms with Gasteiger partial charge in [0, 0.05) is 52.5 Å². The van der Waals surface area contributed by atoms with Gasteiger partial charge in [0.05, 0.1) is 0 Å². The Kier molecular flexibility index (Phi) is 5.48. The molecule has 10 heteroatoms. The molecule has 0 spiro atoms. The lowest BCUT2D eigenvalue weighted by Crippen LogP contribution is -2.49. The molecule has 9 nitrogen and oxygen atoms in total. The normalized spacial score (nSPS) is 19.7. The van der Waals surface area contributed by atoms with Gasteiger partial charge in [-0.2, -0.15) is 4.31 Å². The van der Waals surface area contributed by atoms with Crippen molar-refractivity contribution in [1.82, 2.24) is 24.1 Å². The van der Waals surface area contributed by atoms with Crippen LogP contribution in [0.2, 0.25) is 0 Å². The maximum Gasteiger partial charge on any atom is 0.262 e. The highest BCUT2D eigenvalue weighted by atomic mass is 32.2. The summed E-state index contributed by atoms with van der Waals surface area (Å²) in [5.41, 5.74) is 0. The maximum absolute atomic E-state index is 12.8. The van der Waals surface area contributed by atoms with Crippen LogP contribution in [0.25, 0.3) is 0 Å². The predicted octanol–water partition coefficient (Wildman–Crippen LogP) is 1.27. The number of aromatic nitrogens is 4. The van der Waals surface area contributed by atoms with Gasteiger partial charge in [-0.05, 0) is 37.8 Å². The highest BCUT2D eigenvalue weighted by Gasteiger charge is 2.31. The first-order chi connectivity index (χ1) is 13.8. The first-order valence-corrected chi connectivity index (χ1v) is 11.6. The fraction of sp³-hybridized carbons (Fsp3) is 0.632. The van der Waals surface area contributed by atoms with E-state index >= 15 is 0 Å². The number of piperazine rings is 1. The van der Waals surface area contributed by atoms with Crippen molar-refractivity contribution in [3.8, 4) is 0 Å². The number of piperidine rings is 1. The lowest BCUT2D eigenvalue weighted by atomic mass is 9.99. The summed E-state index contributed by atoms with van der Waals surface area (Å²) in [4.78, 5) is 8.56. The molecule has 2 aromatic heterocycles. The van der Waals surface area contributed by atoms with Crippen LogP contribution in [-0.2, 0) is 17.1 Å². The lowest BCUT2D eigenvalue weighted by Gasteiger charge is -2.34. The summed E-state index contributed by atoms with van der Waals surface area (Å²) in [7, 11) is -1.77. The van der Waals surface area contributed by atoms with Gasteiger partial charge in [0.25, 0.3) is 10.0 Å². The number of hydrogen-bond donors (Lipinski definition) is 0. The van der Waals surface area contributed by atoms with Gasteiger partial charge in [-0.3, -0.25) is 0 Å². The summed E-state index contributed by atoms with van der Waals surface area (Å²) in [6, 6.07) is 4.02. The van der Waals surface area contributed by atoms with Gasteiger partial charge in [-0.15, -0.1) is 10.2 Å². The molecule has 4 rings (SSSR count). The molecule has 0 radical (unpaired) electrons. The molecule has 0 unspecified atom stereocenters. The minimum absolute atomic E-state index is 0.117.